The molecule has 1 saturated heterocycles. The van der Waals surface area contributed by atoms with Crippen LogP contribution in [-0.4, -0.2) is 49.4 Å². The van der Waals surface area contributed by atoms with E-state index in [0.29, 0.717) is 19.8 Å². The van der Waals surface area contributed by atoms with E-state index < -0.39 is 5.97 Å². The van der Waals surface area contributed by atoms with Crippen LogP contribution in [0, 0.1) is 5.92 Å². The van der Waals surface area contributed by atoms with Gasteiger partial charge < -0.3 is 14.6 Å². The standard InChI is InChI=1S/C16H23NO4/c1-20-9-10-21-15-7-3-2-5-13(15)11-17-8-4-6-14(12-17)16(18)19/h2-3,5,7,14H,4,6,8-12H2,1H3,(H,18,19). The zero-order chi connectivity index (χ0) is 15.1. The van der Waals surface area contributed by atoms with Gasteiger partial charge in [-0.1, -0.05) is 18.2 Å². The maximum absolute atomic E-state index is 11.1. The molecule has 0 aromatic heterocycles. The monoisotopic (exact) mass is 293 g/mol. The first-order valence-electron chi connectivity index (χ1n) is 7.35. The van der Waals surface area contributed by atoms with Gasteiger partial charge in [-0.05, 0) is 25.5 Å². The van der Waals surface area contributed by atoms with Gasteiger partial charge in [0.2, 0.25) is 0 Å². The molecule has 0 spiro atoms. The van der Waals surface area contributed by atoms with Gasteiger partial charge in [0.05, 0.1) is 12.5 Å². The van der Waals surface area contributed by atoms with Crippen LogP contribution in [0.1, 0.15) is 18.4 Å². The van der Waals surface area contributed by atoms with Crippen LogP contribution in [0.2, 0.25) is 0 Å². The minimum Gasteiger partial charge on any atom is -0.491 e. The minimum atomic E-state index is -0.690. The number of piperidine rings is 1. The second-order valence-corrected chi connectivity index (χ2v) is 5.36. The fraction of sp³-hybridized carbons (Fsp3) is 0.562. The third-order valence-electron chi connectivity index (χ3n) is 3.77. The van der Waals surface area contributed by atoms with Gasteiger partial charge >= 0.3 is 5.97 Å². The Morgan fingerprint density at radius 2 is 2.19 bits per heavy atom. The summed E-state index contributed by atoms with van der Waals surface area (Å²) < 4.78 is 10.7. The van der Waals surface area contributed by atoms with Crippen molar-refractivity contribution in [2.24, 2.45) is 5.92 Å². The molecule has 1 aromatic rings. The highest BCUT2D eigenvalue weighted by Crippen LogP contribution is 2.23. The molecule has 5 heteroatoms. The number of benzene rings is 1. The summed E-state index contributed by atoms with van der Waals surface area (Å²) in [5.41, 5.74) is 1.10. The second kappa shape index (κ2) is 8.00. The van der Waals surface area contributed by atoms with Crippen LogP contribution < -0.4 is 4.74 Å². The van der Waals surface area contributed by atoms with Crippen molar-refractivity contribution in [1.29, 1.82) is 0 Å². The molecule has 2 rings (SSSR count). The smallest absolute Gasteiger partial charge is 0.307 e. The fourth-order valence-corrected chi connectivity index (χ4v) is 2.65. The van der Waals surface area contributed by atoms with Crippen molar-refractivity contribution in [3.63, 3.8) is 0 Å². The van der Waals surface area contributed by atoms with Crippen molar-refractivity contribution in [2.45, 2.75) is 19.4 Å². The maximum Gasteiger partial charge on any atom is 0.307 e. The molecule has 0 amide bonds. The maximum atomic E-state index is 11.1. The average molecular weight is 293 g/mol. The number of para-hydroxylation sites is 1. The van der Waals surface area contributed by atoms with Crippen LogP contribution in [0.3, 0.4) is 0 Å². The number of carboxylic acids is 1. The van der Waals surface area contributed by atoms with Crippen LogP contribution in [0.15, 0.2) is 24.3 Å². The Kier molecular flexibility index (Phi) is 6.02. The van der Waals surface area contributed by atoms with Crippen molar-refractivity contribution in [3.05, 3.63) is 29.8 Å². The quantitative estimate of drug-likeness (QED) is 0.779. The Labute approximate surface area is 125 Å². The first kappa shape index (κ1) is 15.8. The number of nitrogens with zero attached hydrogens (tertiary/aromatic N) is 1. The number of rotatable bonds is 7. The number of hydrogen-bond donors (Lipinski definition) is 1. The van der Waals surface area contributed by atoms with Gasteiger partial charge in [-0.2, -0.15) is 0 Å². The number of likely N-dealkylation sites (tertiary alicyclic amines) is 1. The molecule has 1 heterocycles. The number of hydrogen-bond acceptors (Lipinski definition) is 4. The number of methoxy groups -OCH3 is 1. The molecule has 0 bridgehead atoms. The van der Waals surface area contributed by atoms with E-state index in [9.17, 15) is 4.79 Å². The van der Waals surface area contributed by atoms with Gasteiger partial charge in [0.25, 0.3) is 0 Å². The summed E-state index contributed by atoms with van der Waals surface area (Å²) in [6, 6.07) is 7.91. The average Bonchev–Trinajstić information content (AvgIpc) is 2.49. The lowest BCUT2D eigenvalue weighted by Gasteiger charge is -2.31. The molecule has 21 heavy (non-hydrogen) atoms. The van der Waals surface area contributed by atoms with Crippen LogP contribution >= 0.6 is 0 Å². The summed E-state index contributed by atoms with van der Waals surface area (Å²) in [6.45, 7) is 3.36. The summed E-state index contributed by atoms with van der Waals surface area (Å²) in [7, 11) is 1.65. The number of carboxylic acid groups (broad SMARTS) is 1. The SMILES string of the molecule is COCCOc1ccccc1CN1CCCC(C(=O)O)C1. The lowest BCUT2D eigenvalue weighted by atomic mass is 9.98. The van der Waals surface area contributed by atoms with Gasteiger partial charge in [0.15, 0.2) is 0 Å². The van der Waals surface area contributed by atoms with E-state index in [2.05, 4.69) is 4.90 Å². The van der Waals surface area contributed by atoms with E-state index in [4.69, 9.17) is 14.6 Å². The zero-order valence-corrected chi connectivity index (χ0v) is 12.5. The summed E-state index contributed by atoms with van der Waals surface area (Å²) in [5.74, 6) is -0.0864. The van der Waals surface area contributed by atoms with E-state index in [1.54, 1.807) is 7.11 Å². The molecule has 1 unspecified atom stereocenters. The van der Waals surface area contributed by atoms with Crippen LogP contribution in [0.25, 0.3) is 0 Å². The van der Waals surface area contributed by atoms with Gasteiger partial charge in [-0.15, -0.1) is 0 Å². The van der Waals surface area contributed by atoms with E-state index in [1.807, 2.05) is 24.3 Å². The van der Waals surface area contributed by atoms with Crippen molar-refractivity contribution >= 4 is 5.97 Å². The molecule has 5 nitrogen and oxygen atoms in total. The first-order valence-corrected chi connectivity index (χ1v) is 7.35. The molecule has 1 fully saturated rings. The molecule has 1 atom stereocenters. The number of carbonyl (C=O) groups is 1. The fourth-order valence-electron chi connectivity index (χ4n) is 2.65. The summed E-state index contributed by atoms with van der Waals surface area (Å²) in [5, 5.41) is 9.15. The summed E-state index contributed by atoms with van der Waals surface area (Å²) >= 11 is 0. The lowest BCUT2D eigenvalue weighted by molar-refractivity contribution is -0.143. The molecule has 1 aliphatic heterocycles. The molecule has 1 aromatic carbocycles. The third kappa shape index (κ3) is 4.72. The Hall–Kier alpha value is -1.59. The largest absolute Gasteiger partial charge is 0.491 e. The molecule has 0 radical (unpaired) electrons. The van der Waals surface area contributed by atoms with Crippen LogP contribution in [-0.2, 0) is 16.1 Å². The van der Waals surface area contributed by atoms with Crippen molar-refractivity contribution in [1.82, 2.24) is 4.90 Å². The highest BCUT2D eigenvalue weighted by atomic mass is 16.5. The first-order chi connectivity index (χ1) is 10.2. The van der Waals surface area contributed by atoms with E-state index in [-0.39, 0.29) is 5.92 Å². The zero-order valence-electron chi connectivity index (χ0n) is 12.5. The molecular weight excluding hydrogens is 270 g/mol. The molecule has 0 aliphatic carbocycles. The van der Waals surface area contributed by atoms with Crippen molar-refractivity contribution < 1.29 is 19.4 Å². The Morgan fingerprint density at radius 1 is 1.38 bits per heavy atom. The Balaban J connectivity index is 1.96. The van der Waals surface area contributed by atoms with Gasteiger partial charge in [0.1, 0.15) is 12.4 Å². The highest BCUT2D eigenvalue weighted by Gasteiger charge is 2.25. The lowest BCUT2D eigenvalue weighted by Crippen LogP contribution is -2.38. The van der Waals surface area contributed by atoms with Gasteiger partial charge in [-0.25, -0.2) is 0 Å². The summed E-state index contributed by atoms with van der Waals surface area (Å²) in [6.07, 6.45) is 1.71. The molecule has 0 saturated carbocycles. The molecule has 1 N–H and O–H groups in total. The third-order valence-corrected chi connectivity index (χ3v) is 3.77. The van der Waals surface area contributed by atoms with E-state index in [0.717, 1.165) is 37.2 Å². The molecular formula is C16H23NO4. The second-order valence-electron chi connectivity index (χ2n) is 5.36. The topological polar surface area (TPSA) is 59.0 Å². The van der Waals surface area contributed by atoms with Crippen LogP contribution in [0.4, 0.5) is 0 Å². The molecule has 1 aliphatic rings. The number of aliphatic carboxylic acids is 1. The highest BCUT2D eigenvalue weighted by molar-refractivity contribution is 5.70. The number of ether oxygens (including phenoxy) is 2. The van der Waals surface area contributed by atoms with Crippen LogP contribution in [0.5, 0.6) is 5.75 Å². The predicted molar refractivity (Wildman–Crippen MR) is 79.4 cm³/mol. The minimum absolute atomic E-state index is 0.250. The Morgan fingerprint density at radius 3 is 2.95 bits per heavy atom. The Bertz CT molecular complexity index is 463. The van der Waals surface area contributed by atoms with E-state index in [1.165, 1.54) is 0 Å². The normalized spacial score (nSPS) is 19.4. The summed E-state index contributed by atoms with van der Waals surface area (Å²) in [4.78, 5) is 13.3. The van der Waals surface area contributed by atoms with Gasteiger partial charge in [-0.3, -0.25) is 9.69 Å². The molecule has 116 valence electrons. The van der Waals surface area contributed by atoms with Gasteiger partial charge in [0, 0.05) is 25.8 Å². The predicted octanol–water partition coefficient (Wildman–Crippen LogP) is 2.01. The van der Waals surface area contributed by atoms with Crippen molar-refractivity contribution in [2.75, 3.05) is 33.4 Å². The van der Waals surface area contributed by atoms with Crippen molar-refractivity contribution in [3.8, 4) is 5.75 Å². The van der Waals surface area contributed by atoms with E-state index >= 15 is 0 Å².